The molecular formula is C9H12F3N3S. The van der Waals surface area contributed by atoms with E-state index in [1.54, 1.807) is 13.8 Å². The van der Waals surface area contributed by atoms with Crippen molar-refractivity contribution in [1.29, 1.82) is 0 Å². The number of thiocarbonyl (C=S) groups is 1. The number of imidazole rings is 1. The number of halogens is 3. The average Bonchev–Trinajstić information content (AvgIpc) is 2.42. The van der Waals surface area contributed by atoms with Gasteiger partial charge in [-0.2, -0.15) is 13.2 Å². The highest BCUT2D eigenvalue weighted by molar-refractivity contribution is 7.80. The molecule has 0 spiro atoms. The molecule has 0 aliphatic rings. The molecule has 7 heteroatoms. The number of hydrogen-bond donors (Lipinski definition) is 1. The molecule has 1 aromatic rings. The molecule has 2 N–H and O–H groups in total. The van der Waals surface area contributed by atoms with Gasteiger partial charge >= 0.3 is 6.18 Å². The first-order chi connectivity index (χ1) is 7.23. The van der Waals surface area contributed by atoms with Crippen LogP contribution in [-0.2, 0) is 6.54 Å². The zero-order valence-electron chi connectivity index (χ0n) is 8.88. The molecule has 16 heavy (non-hydrogen) atoms. The van der Waals surface area contributed by atoms with Crippen LogP contribution in [0, 0.1) is 19.8 Å². The lowest BCUT2D eigenvalue weighted by Crippen LogP contribution is -2.37. The van der Waals surface area contributed by atoms with Crippen molar-refractivity contribution in [3.63, 3.8) is 0 Å². The molecule has 0 fully saturated rings. The minimum Gasteiger partial charge on any atom is -0.393 e. The quantitative estimate of drug-likeness (QED) is 0.835. The van der Waals surface area contributed by atoms with Gasteiger partial charge in [-0.1, -0.05) is 12.2 Å². The first-order valence-electron chi connectivity index (χ1n) is 4.58. The number of hydrogen-bond acceptors (Lipinski definition) is 2. The summed E-state index contributed by atoms with van der Waals surface area (Å²) in [5.74, 6) is -1.81. The van der Waals surface area contributed by atoms with Gasteiger partial charge in [-0.3, -0.25) is 0 Å². The Bertz CT molecular complexity index is 397. The summed E-state index contributed by atoms with van der Waals surface area (Å²) in [7, 11) is 0. The molecule has 0 aliphatic carbocycles. The first-order valence-corrected chi connectivity index (χ1v) is 4.98. The van der Waals surface area contributed by atoms with E-state index in [1.165, 1.54) is 10.9 Å². The molecule has 3 nitrogen and oxygen atoms in total. The first kappa shape index (κ1) is 13.0. The van der Waals surface area contributed by atoms with Crippen LogP contribution < -0.4 is 5.73 Å². The van der Waals surface area contributed by atoms with Gasteiger partial charge in [0.15, 0.2) is 0 Å². The molecule has 1 rings (SSSR count). The zero-order valence-corrected chi connectivity index (χ0v) is 9.69. The Morgan fingerprint density at radius 2 is 2.12 bits per heavy atom. The van der Waals surface area contributed by atoms with Crippen molar-refractivity contribution in [2.75, 3.05) is 0 Å². The molecule has 0 aliphatic heterocycles. The maximum absolute atomic E-state index is 12.6. The van der Waals surface area contributed by atoms with Gasteiger partial charge in [-0.15, -0.1) is 0 Å². The van der Waals surface area contributed by atoms with Crippen LogP contribution in [0.1, 0.15) is 11.4 Å². The van der Waals surface area contributed by atoms with Crippen molar-refractivity contribution in [3.05, 3.63) is 17.7 Å². The molecule has 0 aromatic carbocycles. The van der Waals surface area contributed by atoms with Crippen LogP contribution in [0.2, 0.25) is 0 Å². The van der Waals surface area contributed by atoms with E-state index in [1.807, 2.05) is 0 Å². The standard InChI is InChI=1S/C9H12F3N3S/c1-5-6(2)15(4-14-5)3-7(8(13)16)9(10,11)12/h4,7H,3H2,1-2H3,(H2,13,16). The molecule has 90 valence electrons. The van der Waals surface area contributed by atoms with Crippen molar-refractivity contribution in [3.8, 4) is 0 Å². The van der Waals surface area contributed by atoms with Crippen LogP contribution in [0.5, 0.6) is 0 Å². The summed E-state index contributed by atoms with van der Waals surface area (Å²) in [4.78, 5) is 3.38. The lowest BCUT2D eigenvalue weighted by Gasteiger charge is -2.20. The van der Waals surface area contributed by atoms with E-state index in [9.17, 15) is 13.2 Å². The smallest absolute Gasteiger partial charge is 0.393 e. The molecule has 1 aromatic heterocycles. The second-order valence-electron chi connectivity index (χ2n) is 3.56. The van der Waals surface area contributed by atoms with Crippen molar-refractivity contribution in [2.45, 2.75) is 26.6 Å². The van der Waals surface area contributed by atoms with E-state index in [4.69, 9.17) is 5.73 Å². The lowest BCUT2D eigenvalue weighted by molar-refractivity contribution is -0.158. The fourth-order valence-corrected chi connectivity index (χ4v) is 1.49. The van der Waals surface area contributed by atoms with Gasteiger partial charge in [0.2, 0.25) is 0 Å². The summed E-state index contributed by atoms with van der Waals surface area (Å²) in [6.07, 6.45) is -3.06. The summed E-state index contributed by atoms with van der Waals surface area (Å²) in [6.45, 7) is 3.12. The summed E-state index contributed by atoms with van der Waals surface area (Å²) in [5.41, 5.74) is 6.49. The van der Waals surface area contributed by atoms with E-state index in [0.717, 1.165) is 0 Å². The summed E-state index contributed by atoms with van der Waals surface area (Å²) < 4.78 is 39.2. The lowest BCUT2D eigenvalue weighted by atomic mass is 10.1. The molecule has 1 atom stereocenters. The fourth-order valence-electron chi connectivity index (χ4n) is 1.28. The minimum atomic E-state index is -4.42. The number of rotatable bonds is 3. The van der Waals surface area contributed by atoms with Gasteiger partial charge in [0.05, 0.1) is 17.0 Å². The Balaban J connectivity index is 2.93. The summed E-state index contributed by atoms with van der Waals surface area (Å²) in [5, 5.41) is 0. The largest absolute Gasteiger partial charge is 0.399 e. The van der Waals surface area contributed by atoms with Gasteiger partial charge in [0.1, 0.15) is 5.92 Å². The summed E-state index contributed by atoms with van der Waals surface area (Å²) >= 11 is 4.44. The summed E-state index contributed by atoms with van der Waals surface area (Å²) in [6, 6.07) is 0. The average molecular weight is 251 g/mol. The molecule has 1 unspecified atom stereocenters. The Hall–Kier alpha value is -1.11. The third-order valence-corrected chi connectivity index (χ3v) is 2.75. The number of aryl methyl sites for hydroxylation is 1. The third-order valence-electron chi connectivity index (χ3n) is 2.46. The monoisotopic (exact) mass is 251 g/mol. The van der Waals surface area contributed by atoms with E-state index >= 15 is 0 Å². The van der Waals surface area contributed by atoms with Crippen molar-refractivity contribution in [2.24, 2.45) is 11.7 Å². The third kappa shape index (κ3) is 2.72. The number of alkyl halides is 3. The molecule has 0 saturated heterocycles. The van der Waals surface area contributed by atoms with E-state index in [2.05, 4.69) is 17.2 Å². The second kappa shape index (κ2) is 4.40. The van der Waals surface area contributed by atoms with Crippen LogP contribution in [0.3, 0.4) is 0 Å². The van der Waals surface area contributed by atoms with Gasteiger partial charge in [-0.05, 0) is 13.8 Å². The van der Waals surface area contributed by atoms with Crippen LogP contribution in [-0.4, -0.2) is 20.7 Å². The normalized spacial score (nSPS) is 13.8. The minimum absolute atomic E-state index is 0.314. The molecule has 1 heterocycles. The van der Waals surface area contributed by atoms with Gasteiger partial charge in [-0.25, -0.2) is 4.98 Å². The Labute approximate surface area is 96.5 Å². The highest BCUT2D eigenvalue weighted by Gasteiger charge is 2.42. The maximum atomic E-state index is 12.6. The Kier molecular flexibility index (Phi) is 3.57. The predicted octanol–water partition coefficient (Wildman–Crippen LogP) is 1.96. The Morgan fingerprint density at radius 1 is 1.56 bits per heavy atom. The van der Waals surface area contributed by atoms with Crippen LogP contribution in [0.25, 0.3) is 0 Å². The van der Waals surface area contributed by atoms with Gasteiger partial charge < -0.3 is 10.3 Å². The van der Waals surface area contributed by atoms with E-state index in [0.29, 0.717) is 11.4 Å². The van der Waals surface area contributed by atoms with Crippen LogP contribution >= 0.6 is 12.2 Å². The number of nitrogens with two attached hydrogens (primary N) is 1. The van der Waals surface area contributed by atoms with Crippen molar-refractivity contribution >= 4 is 17.2 Å². The predicted molar refractivity (Wildman–Crippen MR) is 58.0 cm³/mol. The number of aromatic nitrogens is 2. The highest BCUT2D eigenvalue weighted by atomic mass is 32.1. The van der Waals surface area contributed by atoms with Crippen molar-refractivity contribution < 1.29 is 13.2 Å². The number of nitrogens with zero attached hydrogens (tertiary/aromatic N) is 2. The van der Waals surface area contributed by atoms with Gasteiger partial charge in [0.25, 0.3) is 0 Å². The SMILES string of the molecule is Cc1ncn(CC(C(N)=S)C(F)(F)F)c1C. The van der Waals surface area contributed by atoms with Crippen molar-refractivity contribution in [1.82, 2.24) is 9.55 Å². The topological polar surface area (TPSA) is 43.8 Å². The highest BCUT2D eigenvalue weighted by Crippen LogP contribution is 2.28. The van der Waals surface area contributed by atoms with Crippen LogP contribution in [0.15, 0.2) is 6.33 Å². The molecule has 0 amide bonds. The molecule has 0 bridgehead atoms. The van der Waals surface area contributed by atoms with Gasteiger partial charge in [0, 0.05) is 12.2 Å². The van der Waals surface area contributed by atoms with Crippen LogP contribution in [0.4, 0.5) is 13.2 Å². The molecular weight excluding hydrogens is 239 g/mol. The fraction of sp³-hybridized carbons (Fsp3) is 0.556. The molecule has 0 radical (unpaired) electrons. The van der Waals surface area contributed by atoms with E-state index < -0.39 is 17.1 Å². The molecule has 0 saturated carbocycles. The second-order valence-corrected chi connectivity index (χ2v) is 4.04. The Morgan fingerprint density at radius 3 is 2.44 bits per heavy atom. The van der Waals surface area contributed by atoms with E-state index in [-0.39, 0.29) is 6.54 Å². The maximum Gasteiger partial charge on any atom is 0.399 e. The zero-order chi connectivity index (χ0) is 12.5.